The maximum atomic E-state index is 11.4. The predicted octanol–water partition coefficient (Wildman–Crippen LogP) is -0.618. The number of nitrogens with two attached hydrogens (primary N) is 1. The molecular formula is C8H13NO7S2. The Morgan fingerprint density at radius 1 is 1.06 bits per heavy atom. The van der Waals surface area contributed by atoms with E-state index in [2.05, 4.69) is 0 Å². The van der Waals surface area contributed by atoms with Gasteiger partial charge in [0.1, 0.15) is 0 Å². The van der Waals surface area contributed by atoms with Crippen LogP contribution in [0.1, 0.15) is 0 Å². The molecule has 104 valence electrons. The van der Waals surface area contributed by atoms with Gasteiger partial charge >= 0.3 is 10.4 Å². The summed E-state index contributed by atoms with van der Waals surface area (Å²) in [5.41, 5.74) is 5.69. The van der Waals surface area contributed by atoms with E-state index in [1.165, 1.54) is 12.1 Å². The molecule has 0 saturated carbocycles. The smallest absolute Gasteiger partial charge is 0.394 e. The van der Waals surface area contributed by atoms with Crippen LogP contribution in [0.5, 0.6) is 0 Å². The summed E-state index contributed by atoms with van der Waals surface area (Å²) in [4.78, 5) is 0.0871. The fraction of sp³-hybridized carbons (Fsp3) is 0.250. The molecule has 0 atom stereocenters. The first-order valence-electron chi connectivity index (χ1n) is 4.46. The Kier molecular flexibility index (Phi) is 6.21. The summed E-state index contributed by atoms with van der Waals surface area (Å²) in [6.07, 6.45) is 0. The maximum Gasteiger partial charge on any atom is 0.394 e. The van der Waals surface area contributed by atoms with E-state index < -0.39 is 26.8 Å². The summed E-state index contributed by atoms with van der Waals surface area (Å²) in [6.45, 7) is -0.392. The first kappa shape index (κ1) is 16.8. The molecule has 5 N–H and O–H groups in total. The molecule has 0 aromatic heterocycles. The van der Waals surface area contributed by atoms with E-state index in [1.54, 1.807) is 12.1 Å². The molecule has 0 amide bonds. The molecule has 18 heavy (non-hydrogen) atoms. The van der Waals surface area contributed by atoms with E-state index in [9.17, 15) is 8.42 Å². The molecule has 0 aliphatic rings. The lowest BCUT2D eigenvalue weighted by atomic mass is 10.3. The number of hydrogen-bond acceptors (Lipinski definition) is 6. The van der Waals surface area contributed by atoms with Crippen molar-refractivity contribution in [3.05, 3.63) is 24.3 Å². The highest BCUT2D eigenvalue weighted by Gasteiger charge is 2.15. The third-order valence-corrected chi connectivity index (χ3v) is 3.38. The third-order valence-electron chi connectivity index (χ3n) is 1.61. The van der Waals surface area contributed by atoms with E-state index >= 15 is 0 Å². The average molecular weight is 299 g/mol. The van der Waals surface area contributed by atoms with Crippen molar-refractivity contribution in [1.82, 2.24) is 0 Å². The maximum absolute atomic E-state index is 11.4. The predicted molar refractivity (Wildman–Crippen MR) is 64.2 cm³/mol. The number of sulfone groups is 1. The van der Waals surface area contributed by atoms with Gasteiger partial charge in [0.2, 0.25) is 0 Å². The lowest BCUT2D eigenvalue weighted by Crippen LogP contribution is -2.11. The number of benzene rings is 1. The molecular weight excluding hydrogens is 286 g/mol. The first-order chi connectivity index (χ1) is 8.08. The van der Waals surface area contributed by atoms with E-state index in [4.69, 9.17) is 28.4 Å². The molecule has 0 radical (unpaired) electrons. The monoisotopic (exact) mass is 299 g/mol. The van der Waals surface area contributed by atoms with Crippen molar-refractivity contribution in [3.63, 3.8) is 0 Å². The van der Waals surface area contributed by atoms with Crippen LogP contribution in [0, 0.1) is 0 Å². The number of hydrogen-bond donors (Lipinski definition) is 4. The molecule has 10 heteroatoms. The highest BCUT2D eigenvalue weighted by molar-refractivity contribution is 7.91. The van der Waals surface area contributed by atoms with Gasteiger partial charge in [-0.1, -0.05) is 12.1 Å². The number of para-hydroxylation sites is 1. The van der Waals surface area contributed by atoms with Crippen molar-refractivity contribution in [2.24, 2.45) is 0 Å². The number of rotatable bonds is 3. The van der Waals surface area contributed by atoms with Gasteiger partial charge in [0.15, 0.2) is 9.84 Å². The number of nitrogen functional groups attached to an aromatic ring is 1. The van der Waals surface area contributed by atoms with E-state index in [0.29, 0.717) is 0 Å². The lowest BCUT2D eigenvalue weighted by molar-refractivity contribution is 0.319. The van der Waals surface area contributed by atoms with Gasteiger partial charge in [0, 0.05) is 0 Å². The highest BCUT2D eigenvalue weighted by atomic mass is 32.3. The minimum Gasteiger partial charge on any atom is -0.398 e. The quantitative estimate of drug-likeness (QED) is 0.425. The zero-order chi connectivity index (χ0) is 14.4. The minimum atomic E-state index is -4.67. The highest BCUT2D eigenvalue weighted by Crippen LogP contribution is 2.18. The third kappa shape index (κ3) is 7.19. The average Bonchev–Trinajstić information content (AvgIpc) is 2.15. The fourth-order valence-corrected chi connectivity index (χ4v) is 2.17. The second-order valence-electron chi connectivity index (χ2n) is 3.03. The molecule has 0 aliphatic heterocycles. The van der Waals surface area contributed by atoms with Gasteiger partial charge in [-0.25, -0.2) is 8.42 Å². The standard InChI is InChI=1S/C8H11NO3S.H2O4S/c9-7-3-1-2-4-8(7)13(11,12)6-5-10;1-5(2,3)4/h1-4,10H,5-6,9H2;(H2,1,2,3,4). The van der Waals surface area contributed by atoms with E-state index in [1.807, 2.05) is 0 Å². The summed E-state index contributed by atoms with van der Waals surface area (Å²) in [7, 11) is -8.08. The molecule has 1 aromatic rings. The van der Waals surface area contributed by atoms with Gasteiger partial charge in [-0.3, -0.25) is 9.11 Å². The summed E-state index contributed by atoms with van der Waals surface area (Å²) < 4.78 is 54.4. The van der Waals surface area contributed by atoms with Gasteiger partial charge < -0.3 is 10.8 Å². The Morgan fingerprint density at radius 3 is 1.89 bits per heavy atom. The van der Waals surface area contributed by atoms with Crippen LogP contribution in [-0.2, 0) is 20.2 Å². The molecule has 0 unspecified atom stereocenters. The van der Waals surface area contributed by atoms with Crippen LogP contribution in [0.4, 0.5) is 5.69 Å². The second-order valence-corrected chi connectivity index (χ2v) is 6.00. The Morgan fingerprint density at radius 2 is 1.50 bits per heavy atom. The van der Waals surface area contributed by atoms with Crippen LogP contribution in [0.25, 0.3) is 0 Å². The van der Waals surface area contributed by atoms with Gasteiger partial charge in [-0.15, -0.1) is 0 Å². The van der Waals surface area contributed by atoms with Crippen molar-refractivity contribution in [2.45, 2.75) is 4.90 Å². The first-order valence-corrected chi connectivity index (χ1v) is 7.51. The Hall–Kier alpha value is -1.20. The molecule has 1 aromatic carbocycles. The summed E-state index contributed by atoms with van der Waals surface area (Å²) in [6, 6.07) is 6.21. The van der Waals surface area contributed by atoms with E-state index in [-0.39, 0.29) is 16.3 Å². The molecule has 0 spiro atoms. The Balaban J connectivity index is 0.000000494. The Bertz CT molecular complexity index is 571. The van der Waals surface area contributed by atoms with Crippen molar-refractivity contribution in [1.29, 1.82) is 0 Å². The molecule has 0 fully saturated rings. The summed E-state index contributed by atoms with van der Waals surface area (Å²) in [5, 5.41) is 8.53. The Labute approximate surface area is 105 Å². The van der Waals surface area contributed by atoms with Crippen LogP contribution in [0.15, 0.2) is 29.2 Å². The molecule has 0 saturated heterocycles. The van der Waals surface area contributed by atoms with Crippen LogP contribution < -0.4 is 5.73 Å². The zero-order valence-corrected chi connectivity index (χ0v) is 10.7. The van der Waals surface area contributed by atoms with Crippen LogP contribution in [0.2, 0.25) is 0 Å². The van der Waals surface area contributed by atoms with Crippen molar-refractivity contribution < 1.29 is 31.0 Å². The van der Waals surface area contributed by atoms with Crippen LogP contribution in [-0.4, -0.2) is 43.4 Å². The summed E-state index contributed by atoms with van der Waals surface area (Å²) in [5.74, 6) is -0.290. The zero-order valence-electron chi connectivity index (χ0n) is 9.09. The molecule has 0 aliphatic carbocycles. The van der Waals surface area contributed by atoms with Crippen molar-refractivity contribution >= 4 is 25.9 Å². The van der Waals surface area contributed by atoms with Gasteiger partial charge in [-0.05, 0) is 12.1 Å². The number of aliphatic hydroxyl groups excluding tert-OH is 1. The number of anilines is 1. The molecule has 0 bridgehead atoms. The molecule has 0 heterocycles. The minimum absolute atomic E-state index is 0.0871. The second kappa shape index (κ2) is 6.66. The van der Waals surface area contributed by atoms with Gasteiger partial charge in [0.05, 0.1) is 22.9 Å². The SMILES string of the molecule is Nc1ccccc1S(=O)(=O)CCO.O=S(=O)(O)O. The topological polar surface area (TPSA) is 155 Å². The largest absolute Gasteiger partial charge is 0.398 e. The van der Waals surface area contributed by atoms with Crippen molar-refractivity contribution in [3.8, 4) is 0 Å². The molecule has 8 nitrogen and oxygen atoms in total. The van der Waals surface area contributed by atoms with Crippen LogP contribution in [0.3, 0.4) is 0 Å². The van der Waals surface area contributed by atoms with Crippen molar-refractivity contribution in [2.75, 3.05) is 18.1 Å². The van der Waals surface area contributed by atoms with Crippen LogP contribution >= 0.6 is 0 Å². The fourth-order valence-electron chi connectivity index (χ4n) is 0.994. The lowest BCUT2D eigenvalue weighted by Gasteiger charge is -2.04. The normalized spacial score (nSPS) is 11.5. The number of aliphatic hydroxyl groups is 1. The van der Waals surface area contributed by atoms with Gasteiger partial charge in [0.25, 0.3) is 0 Å². The molecule has 1 rings (SSSR count). The van der Waals surface area contributed by atoms with E-state index in [0.717, 1.165) is 0 Å². The van der Waals surface area contributed by atoms with Gasteiger partial charge in [-0.2, -0.15) is 8.42 Å². The summed E-state index contributed by atoms with van der Waals surface area (Å²) >= 11 is 0.